The molecule has 1 aliphatic carbocycles. The average Bonchev–Trinajstić information content (AvgIpc) is 2.66. The summed E-state index contributed by atoms with van der Waals surface area (Å²) in [6.07, 6.45) is 0. The van der Waals surface area contributed by atoms with Crippen molar-refractivity contribution in [2.75, 3.05) is 0 Å². The number of hydrogen-bond acceptors (Lipinski definition) is 3. The van der Waals surface area contributed by atoms with Gasteiger partial charge >= 0.3 is 5.97 Å². The van der Waals surface area contributed by atoms with Gasteiger partial charge in [-0.3, -0.25) is 4.79 Å². The van der Waals surface area contributed by atoms with Gasteiger partial charge in [-0.05, 0) is 23.6 Å². The quantitative estimate of drug-likeness (QED) is 0.923. The predicted octanol–water partition coefficient (Wildman–Crippen LogP) is 3.41. The summed E-state index contributed by atoms with van der Waals surface area (Å²) in [7, 11) is 0. The minimum absolute atomic E-state index is 0.138. The molecule has 1 aromatic heterocycles. The molecule has 0 bridgehead atoms. The average molecular weight is 310 g/mol. The van der Waals surface area contributed by atoms with Gasteiger partial charge in [0.25, 0.3) is 0 Å². The summed E-state index contributed by atoms with van der Waals surface area (Å²) in [5.41, 5.74) is 1.16. The van der Waals surface area contributed by atoms with E-state index in [1.165, 1.54) is 0 Å². The summed E-state index contributed by atoms with van der Waals surface area (Å²) in [4.78, 5) is 15.6. The van der Waals surface area contributed by atoms with E-state index in [4.69, 9.17) is 9.52 Å². The number of carboxylic acid groups (broad SMARTS) is 1. The Bertz CT molecular complexity index is 647. The van der Waals surface area contributed by atoms with E-state index in [1.807, 2.05) is 32.0 Å². The Morgan fingerprint density at radius 1 is 1.50 bits per heavy atom. The van der Waals surface area contributed by atoms with Crippen LogP contribution in [-0.4, -0.2) is 16.1 Å². The first-order valence-corrected chi connectivity index (χ1v) is 6.49. The first kappa shape index (κ1) is 11.7. The summed E-state index contributed by atoms with van der Waals surface area (Å²) >= 11 is 3.38. The number of carboxylic acids is 1. The second-order valence-electron chi connectivity index (χ2n) is 5.28. The first-order valence-electron chi connectivity index (χ1n) is 5.70. The van der Waals surface area contributed by atoms with E-state index < -0.39 is 11.9 Å². The molecule has 5 heteroatoms. The van der Waals surface area contributed by atoms with Gasteiger partial charge in [-0.1, -0.05) is 29.8 Å². The molecule has 2 unspecified atom stereocenters. The molecule has 0 amide bonds. The number of nitrogens with zero attached hydrogens (tertiary/aromatic N) is 1. The van der Waals surface area contributed by atoms with E-state index in [-0.39, 0.29) is 11.3 Å². The van der Waals surface area contributed by atoms with Gasteiger partial charge in [0.05, 0.1) is 11.8 Å². The van der Waals surface area contributed by atoms with E-state index in [0.717, 1.165) is 9.99 Å². The van der Waals surface area contributed by atoms with Crippen LogP contribution >= 0.6 is 15.9 Å². The summed E-state index contributed by atoms with van der Waals surface area (Å²) in [6, 6.07) is 5.58. The maximum atomic E-state index is 11.2. The van der Waals surface area contributed by atoms with Crippen molar-refractivity contribution >= 4 is 33.0 Å². The largest absolute Gasteiger partial charge is 0.481 e. The lowest BCUT2D eigenvalue weighted by Gasteiger charge is -1.96. The standard InChI is InChI=1S/C13H12BrNO3/c1-13(2)9(10(13)12(16)17)11-15-7-5-6(14)3-4-8(7)18-11/h3-5,9-10H,1-2H3,(H,16,17). The third kappa shape index (κ3) is 1.57. The number of aliphatic carboxylic acids is 1. The van der Waals surface area contributed by atoms with Crippen LogP contribution in [0.1, 0.15) is 25.7 Å². The maximum absolute atomic E-state index is 11.2. The Morgan fingerprint density at radius 2 is 2.22 bits per heavy atom. The van der Waals surface area contributed by atoms with Crippen LogP contribution in [0.5, 0.6) is 0 Å². The van der Waals surface area contributed by atoms with Crippen molar-refractivity contribution in [1.82, 2.24) is 4.98 Å². The second kappa shape index (κ2) is 3.57. The topological polar surface area (TPSA) is 63.3 Å². The molecule has 0 radical (unpaired) electrons. The molecule has 1 aromatic carbocycles. The van der Waals surface area contributed by atoms with Crippen LogP contribution in [0, 0.1) is 11.3 Å². The Hall–Kier alpha value is -1.36. The minimum atomic E-state index is -0.784. The van der Waals surface area contributed by atoms with Crippen molar-refractivity contribution in [3.05, 3.63) is 28.6 Å². The van der Waals surface area contributed by atoms with Crippen LogP contribution in [0.4, 0.5) is 0 Å². The summed E-state index contributed by atoms with van der Waals surface area (Å²) < 4.78 is 6.60. The van der Waals surface area contributed by atoms with Gasteiger partial charge in [-0.15, -0.1) is 0 Å². The molecule has 0 spiro atoms. The van der Waals surface area contributed by atoms with Gasteiger partial charge in [0, 0.05) is 4.47 Å². The van der Waals surface area contributed by atoms with Gasteiger partial charge in [-0.25, -0.2) is 4.98 Å². The number of oxazole rings is 1. The van der Waals surface area contributed by atoms with Crippen molar-refractivity contribution in [2.45, 2.75) is 19.8 Å². The molecule has 1 fully saturated rings. The van der Waals surface area contributed by atoms with Crippen molar-refractivity contribution in [1.29, 1.82) is 0 Å². The van der Waals surface area contributed by atoms with E-state index in [9.17, 15) is 4.79 Å². The number of aromatic nitrogens is 1. The van der Waals surface area contributed by atoms with Crippen molar-refractivity contribution in [2.24, 2.45) is 11.3 Å². The fraction of sp³-hybridized carbons (Fsp3) is 0.385. The number of fused-ring (bicyclic) bond motifs is 1. The Labute approximate surface area is 112 Å². The predicted molar refractivity (Wildman–Crippen MR) is 69.4 cm³/mol. The lowest BCUT2D eigenvalue weighted by Crippen LogP contribution is -2.03. The zero-order valence-corrected chi connectivity index (χ0v) is 11.6. The monoisotopic (exact) mass is 309 g/mol. The minimum Gasteiger partial charge on any atom is -0.481 e. The molecule has 2 aromatic rings. The highest BCUT2D eigenvalue weighted by Crippen LogP contribution is 2.64. The molecule has 1 N–H and O–H groups in total. The van der Waals surface area contributed by atoms with E-state index >= 15 is 0 Å². The third-order valence-corrected chi connectivity index (χ3v) is 4.22. The molecule has 4 nitrogen and oxygen atoms in total. The SMILES string of the molecule is CC1(C)C(C(=O)O)C1c1nc2cc(Br)ccc2o1. The second-order valence-corrected chi connectivity index (χ2v) is 6.19. The van der Waals surface area contributed by atoms with Crippen LogP contribution in [0.15, 0.2) is 27.1 Å². The van der Waals surface area contributed by atoms with Crippen LogP contribution in [0.2, 0.25) is 0 Å². The Morgan fingerprint density at radius 3 is 2.83 bits per heavy atom. The summed E-state index contributed by atoms with van der Waals surface area (Å²) in [6.45, 7) is 3.86. The third-order valence-electron chi connectivity index (χ3n) is 3.73. The fourth-order valence-corrected chi connectivity index (χ4v) is 2.96. The molecule has 3 rings (SSSR count). The summed E-state index contributed by atoms with van der Waals surface area (Å²) in [5, 5.41) is 9.16. The summed E-state index contributed by atoms with van der Waals surface area (Å²) in [5.74, 6) is -0.802. The Kier molecular flexibility index (Phi) is 2.32. The lowest BCUT2D eigenvalue weighted by atomic mass is 10.1. The molecule has 2 atom stereocenters. The number of carbonyl (C=O) groups is 1. The van der Waals surface area contributed by atoms with E-state index in [1.54, 1.807) is 0 Å². The lowest BCUT2D eigenvalue weighted by molar-refractivity contribution is -0.139. The van der Waals surface area contributed by atoms with Gasteiger partial charge < -0.3 is 9.52 Å². The van der Waals surface area contributed by atoms with Crippen molar-refractivity contribution in [3.8, 4) is 0 Å². The first-order chi connectivity index (χ1) is 8.41. The van der Waals surface area contributed by atoms with Crippen molar-refractivity contribution < 1.29 is 14.3 Å². The zero-order valence-electron chi connectivity index (χ0n) is 9.98. The molecule has 1 aliphatic rings. The molecular formula is C13H12BrNO3. The van der Waals surface area contributed by atoms with E-state index in [0.29, 0.717) is 11.5 Å². The van der Waals surface area contributed by atoms with E-state index in [2.05, 4.69) is 20.9 Å². The van der Waals surface area contributed by atoms with Gasteiger partial charge in [0.2, 0.25) is 0 Å². The molecule has 1 heterocycles. The highest BCUT2D eigenvalue weighted by atomic mass is 79.9. The van der Waals surface area contributed by atoms with Gasteiger partial charge in [0.1, 0.15) is 5.52 Å². The van der Waals surface area contributed by atoms with Crippen molar-refractivity contribution in [3.63, 3.8) is 0 Å². The highest BCUT2D eigenvalue weighted by Gasteiger charge is 2.65. The maximum Gasteiger partial charge on any atom is 0.307 e. The molecule has 0 saturated heterocycles. The highest BCUT2D eigenvalue weighted by molar-refractivity contribution is 9.10. The van der Waals surface area contributed by atoms with Gasteiger partial charge in [-0.2, -0.15) is 0 Å². The molecular weight excluding hydrogens is 298 g/mol. The zero-order chi connectivity index (χ0) is 13.1. The van der Waals surface area contributed by atoms with Crippen LogP contribution in [0.3, 0.4) is 0 Å². The smallest absolute Gasteiger partial charge is 0.307 e. The molecule has 18 heavy (non-hydrogen) atoms. The number of benzene rings is 1. The fourth-order valence-electron chi connectivity index (χ4n) is 2.61. The normalized spacial score (nSPS) is 25.3. The van der Waals surface area contributed by atoms with Crippen LogP contribution in [0.25, 0.3) is 11.1 Å². The Balaban J connectivity index is 2.04. The molecule has 0 aliphatic heterocycles. The number of hydrogen-bond donors (Lipinski definition) is 1. The van der Waals surface area contributed by atoms with Crippen LogP contribution in [-0.2, 0) is 4.79 Å². The van der Waals surface area contributed by atoms with Crippen LogP contribution < -0.4 is 0 Å². The number of halogens is 1. The molecule has 1 saturated carbocycles. The molecule has 94 valence electrons. The van der Waals surface area contributed by atoms with Gasteiger partial charge in [0.15, 0.2) is 11.5 Å². The number of rotatable bonds is 2.